The number of aromatic nitrogens is 4. The van der Waals surface area contributed by atoms with E-state index in [1.807, 2.05) is 47.9 Å². The van der Waals surface area contributed by atoms with Crippen LogP contribution in [0, 0.1) is 6.92 Å². The number of aryl methyl sites for hydroxylation is 1. The summed E-state index contributed by atoms with van der Waals surface area (Å²) in [6.45, 7) is -0.904. The molecule has 4 aromatic rings. The van der Waals surface area contributed by atoms with Gasteiger partial charge < -0.3 is 10.1 Å². The predicted octanol–water partition coefficient (Wildman–Crippen LogP) is 4.97. The zero-order valence-corrected chi connectivity index (χ0v) is 18.3. The van der Waals surface area contributed by atoms with E-state index in [0.717, 1.165) is 16.8 Å². The second-order valence-electron chi connectivity index (χ2n) is 6.90. The zero-order valence-electron chi connectivity index (χ0n) is 17.5. The first-order valence-corrected chi connectivity index (χ1v) is 10.9. The number of alkyl halides is 2. The smallest absolute Gasteiger partial charge is 0.387 e. The Morgan fingerprint density at radius 1 is 1.06 bits per heavy atom. The van der Waals surface area contributed by atoms with Crippen LogP contribution >= 0.6 is 11.8 Å². The van der Waals surface area contributed by atoms with Gasteiger partial charge in [-0.2, -0.15) is 8.78 Å². The first-order valence-electron chi connectivity index (χ1n) is 9.90. The quantitative estimate of drug-likeness (QED) is 0.369. The Kier molecular flexibility index (Phi) is 6.94. The number of halogens is 2. The third-order valence-corrected chi connectivity index (χ3v) is 5.55. The molecule has 1 amide bonds. The number of carbonyl (C=O) groups is 1. The van der Waals surface area contributed by atoms with Gasteiger partial charge in [0.2, 0.25) is 5.91 Å². The van der Waals surface area contributed by atoms with Crippen LogP contribution in [0.3, 0.4) is 0 Å². The number of hydrogen-bond acceptors (Lipinski definition) is 6. The average Bonchev–Trinajstić information content (AvgIpc) is 3.23. The van der Waals surface area contributed by atoms with E-state index < -0.39 is 6.61 Å². The normalized spacial score (nSPS) is 10.9. The Balaban J connectivity index is 1.52. The third kappa shape index (κ3) is 5.53. The van der Waals surface area contributed by atoms with E-state index in [-0.39, 0.29) is 17.4 Å². The molecule has 4 rings (SSSR count). The standard InChI is InChI=1S/C23H19F2N5O2S/c1-15-4-2-3-5-19(15)30-21(16-10-12-26-13-11-16)28-29-23(30)33-14-20(31)27-17-6-8-18(9-7-17)32-22(24)25/h2-13,22H,14H2,1H3,(H,27,31). The van der Waals surface area contributed by atoms with Crippen LogP contribution in [-0.4, -0.2) is 38.0 Å². The molecule has 0 atom stereocenters. The Morgan fingerprint density at radius 2 is 1.79 bits per heavy atom. The molecule has 7 nitrogen and oxygen atoms in total. The number of anilines is 1. The highest BCUT2D eigenvalue weighted by atomic mass is 32.2. The van der Waals surface area contributed by atoms with E-state index in [2.05, 4.69) is 25.2 Å². The molecule has 1 N–H and O–H groups in total. The van der Waals surface area contributed by atoms with Gasteiger partial charge in [-0.25, -0.2) is 0 Å². The summed E-state index contributed by atoms with van der Waals surface area (Å²) in [4.78, 5) is 16.5. The van der Waals surface area contributed by atoms with Crippen LogP contribution in [-0.2, 0) is 4.79 Å². The van der Waals surface area contributed by atoms with Crippen molar-refractivity contribution in [3.05, 3.63) is 78.6 Å². The Morgan fingerprint density at radius 3 is 2.48 bits per heavy atom. The van der Waals surface area contributed by atoms with Crippen LogP contribution in [0.2, 0.25) is 0 Å². The maximum atomic E-state index is 12.5. The van der Waals surface area contributed by atoms with Crippen molar-refractivity contribution in [2.24, 2.45) is 0 Å². The van der Waals surface area contributed by atoms with Gasteiger partial charge in [-0.15, -0.1) is 10.2 Å². The van der Waals surface area contributed by atoms with Crippen LogP contribution in [0.4, 0.5) is 14.5 Å². The molecule has 0 saturated heterocycles. The molecular weight excluding hydrogens is 448 g/mol. The zero-order chi connectivity index (χ0) is 23.2. The maximum absolute atomic E-state index is 12.5. The SMILES string of the molecule is Cc1ccccc1-n1c(SCC(=O)Nc2ccc(OC(F)F)cc2)nnc1-c1ccncc1. The molecule has 0 aliphatic rings. The van der Waals surface area contributed by atoms with Gasteiger partial charge in [-0.05, 0) is 55.0 Å². The molecule has 0 bridgehead atoms. The average molecular weight is 468 g/mol. The lowest BCUT2D eigenvalue weighted by Crippen LogP contribution is -2.14. The van der Waals surface area contributed by atoms with Crippen LogP contribution in [0.15, 0.2) is 78.2 Å². The Hall–Kier alpha value is -3.79. The summed E-state index contributed by atoms with van der Waals surface area (Å²) in [5.41, 5.74) is 3.26. The van der Waals surface area contributed by atoms with Crippen LogP contribution in [0.1, 0.15) is 5.56 Å². The van der Waals surface area contributed by atoms with Crippen molar-refractivity contribution in [3.63, 3.8) is 0 Å². The second-order valence-corrected chi connectivity index (χ2v) is 7.85. The van der Waals surface area contributed by atoms with Gasteiger partial charge in [0.1, 0.15) is 5.75 Å². The fourth-order valence-corrected chi connectivity index (χ4v) is 3.87. The van der Waals surface area contributed by atoms with Crippen molar-refractivity contribution in [1.29, 1.82) is 0 Å². The fraction of sp³-hybridized carbons (Fsp3) is 0.130. The predicted molar refractivity (Wildman–Crippen MR) is 122 cm³/mol. The molecule has 0 saturated carbocycles. The van der Waals surface area contributed by atoms with E-state index in [1.165, 1.54) is 36.0 Å². The van der Waals surface area contributed by atoms with E-state index in [4.69, 9.17) is 0 Å². The third-order valence-electron chi connectivity index (χ3n) is 4.62. The number of ether oxygens (including phenoxy) is 1. The van der Waals surface area contributed by atoms with Gasteiger partial charge in [-0.1, -0.05) is 30.0 Å². The van der Waals surface area contributed by atoms with Gasteiger partial charge in [0.05, 0.1) is 11.4 Å². The van der Waals surface area contributed by atoms with Crippen molar-refractivity contribution in [3.8, 4) is 22.8 Å². The minimum Gasteiger partial charge on any atom is -0.435 e. The minimum atomic E-state index is -2.90. The summed E-state index contributed by atoms with van der Waals surface area (Å²) in [5, 5.41) is 12.0. The lowest BCUT2D eigenvalue weighted by atomic mass is 10.2. The number of amides is 1. The van der Waals surface area contributed by atoms with Gasteiger partial charge in [-0.3, -0.25) is 14.3 Å². The van der Waals surface area contributed by atoms with Crippen molar-refractivity contribution >= 4 is 23.4 Å². The summed E-state index contributed by atoms with van der Waals surface area (Å²) in [6, 6.07) is 17.3. The molecule has 10 heteroatoms. The molecule has 33 heavy (non-hydrogen) atoms. The number of rotatable bonds is 8. The maximum Gasteiger partial charge on any atom is 0.387 e. The highest BCUT2D eigenvalue weighted by Gasteiger charge is 2.18. The molecule has 2 aromatic heterocycles. The van der Waals surface area contributed by atoms with E-state index in [1.54, 1.807) is 12.4 Å². The van der Waals surface area contributed by atoms with Crippen molar-refractivity contribution in [1.82, 2.24) is 19.7 Å². The summed E-state index contributed by atoms with van der Waals surface area (Å²) < 4.78 is 30.8. The number of para-hydroxylation sites is 1. The van der Waals surface area contributed by atoms with E-state index in [9.17, 15) is 13.6 Å². The number of nitrogens with one attached hydrogen (secondary N) is 1. The lowest BCUT2D eigenvalue weighted by Gasteiger charge is -2.13. The van der Waals surface area contributed by atoms with E-state index >= 15 is 0 Å². The molecule has 0 aliphatic carbocycles. The van der Waals surface area contributed by atoms with Gasteiger partial charge in [0.25, 0.3) is 0 Å². The van der Waals surface area contributed by atoms with Crippen molar-refractivity contribution in [2.45, 2.75) is 18.7 Å². The number of thioether (sulfide) groups is 1. The second kappa shape index (κ2) is 10.2. The highest BCUT2D eigenvalue weighted by Crippen LogP contribution is 2.29. The summed E-state index contributed by atoms with van der Waals surface area (Å²) in [6.07, 6.45) is 3.37. The Bertz CT molecular complexity index is 1230. The molecule has 0 radical (unpaired) electrons. The number of carbonyl (C=O) groups excluding carboxylic acids is 1. The molecule has 0 fully saturated rings. The van der Waals surface area contributed by atoms with Gasteiger partial charge >= 0.3 is 6.61 Å². The molecule has 168 valence electrons. The summed E-state index contributed by atoms with van der Waals surface area (Å²) >= 11 is 1.24. The molecule has 0 unspecified atom stereocenters. The molecular formula is C23H19F2N5O2S. The van der Waals surface area contributed by atoms with Crippen LogP contribution in [0.5, 0.6) is 5.75 Å². The minimum absolute atomic E-state index is 0.0207. The summed E-state index contributed by atoms with van der Waals surface area (Å²) in [5.74, 6) is 0.472. The number of benzene rings is 2. The fourth-order valence-electron chi connectivity index (χ4n) is 3.13. The van der Waals surface area contributed by atoms with Gasteiger partial charge in [0, 0.05) is 23.6 Å². The first kappa shape index (κ1) is 22.4. The van der Waals surface area contributed by atoms with Crippen molar-refractivity contribution in [2.75, 3.05) is 11.1 Å². The van der Waals surface area contributed by atoms with Crippen LogP contribution < -0.4 is 10.1 Å². The topological polar surface area (TPSA) is 81.9 Å². The molecule has 2 heterocycles. The monoisotopic (exact) mass is 467 g/mol. The Labute approximate surface area is 192 Å². The van der Waals surface area contributed by atoms with E-state index in [0.29, 0.717) is 16.7 Å². The molecule has 0 aliphatic heterocycles. The van der Waals surface area contributed by atoms with Crippen LogP contribution in [0.25, 0.3) is 17.1 Å². The number of pyridine rings is 1. The largest absolute Gasteiger partial charge is 0.435 e. The lowest BCUT2D eigenvalue weighted by molar-refractivity contribution is -0.113. The van der Waals surface area contributed by atoms with Crippen molar-refractivity contribution < 1.29 is 18.3 Å². The number of nitrogens with zero attached hydrogens (tertiary/aromatic N) is 4. The first-order chi connectivity index (χ1) is 16.0. The molecule has 0 spiro atoms. The molecule has 2 aromatic carbocycles. The summed E-state index contributed by atoms with van der Waals surface area (Å²) in [7, 11) is 0. The van der Waals surface area contributed by atoms with Gasteiger partial charge in [0.15, 0.2) is 11.0 Å². The highest BCUT2D eigenvalue weighted by molar-refractivity contribution is 7.99. The number of hydrogen-bond donors (Lipinski definition) is 1.